The van der Waals surface area contributed by atoms with Crippen LogP contribution in [0.2, 0.25) is 0 Å². The molecule has 0 aliphatic heterocycles. The number of hydrogen-bond donors (Lipinski definition) is 0. The molecular weight excluding hydrogens is 393 g/mol. The number of fused-ring (bicyclic) bond motifs is 1. The average molecular weight is 413 g/mol. The second kappa shape index (κ2) is 7.36. The zero-order valence-corrected chi connectivity index (χ0v) is 17.2. The molecule has 0 saturated carbocycles. The van der Waals surface area contributed by atoms with Crippen LogP contribution in [-0.4, -0.2) is 23.7 Å². The van der Waals surface area contributed by atoms with Gasteiger partial charge in [-0.1, -0.05) is 29.8 Å². The Bertz CT molecular complexity index is 1440. The number of aromatic nitrogens is 5. The highest BCUT2D eigenvalue weighted by atomic mass is 19.1. The summed E-state index contributed by atoms with van der Waals surface area (Å²) in [6.45, 7) is 4.29. The van der Waals surface area contributed by atoms with Gasteiger partial charge in [0.2, 0.25) is 0 Å². The van der Waals surface area contributed by atoms with Crippen LogP contribution in [0.3, 0.4) is 0 Å². The molecule has 2 aromatic carbocycles. The first kappa shape index (κ1) is 19.0. The Labute approximate surface area is 177 Å². The predicted molar refractivity (Wildman–Crippen MR) is 117 cm³/mol. The Morgan fingerprint density at radius 3 is 2.42 bits per heavy atom. The highest BCUT2D eigenvalue weighted by Crippen LogP contribution is 2.26. The van der Waals surface area contributed by atoms with Crippen LogP contribution < -0.4 is 5.69 Å². The molecule has 0 amide bonds. The maximum Gasteiger partial charge on any atom is 0.333 e. The van der Waals surface area contributed by atoms with Gasteiger partial charge in [0, 0.05) is 17.5 Å². The molecule has 31 heavy (non-hydrogen) atoms. The third-order valence-corrected chi connectivity index (χ3v) is 5.49. The maximum absolute atomic E-state index is 13.6. The van der Waals surface area contributed by atoms with Crippen LogP contribution in [0.5, 0.6) is 0 Å². The van der Waals surface area contributed by atoms with E-state index in [1.165, 1.54) is 18.5 Å². The summed E-state index contributed by atoms with van der Waals surface area (Å²) in [6.07, 6.45) is 3.37. The molecule has 3 aromatic heterocycles. The summed E-state index contributed by atoms with van der Waals surface area (Å²) >= 11 is 0. The van der Waals surface area contributed by atoms with Crippen molar-refractivity contribution in [2.24, 2.45) is 0 Å². The number of halogens is 1. The minimum atomic E-state index is -0.299. The van der Waals surface area contributed by atoms with Gasteiger partial charge in [-0.25, -0.2) is 18.7 Å². The van der Waals surface area contributed by atoms with Crippen LogP contribution >= 0.6 is 0 Å². The molecule has 0 atom stereocenters. The monoisotopic (exact) mass is 413 g/mol. The van der Waals surface area contributed by atoms with E-state index < -0.39 is 0 Å². The van der Waals surface area contributed by atoms with Crippen molar-refractivity contribution in [3.8, 4) is 16.9 Å². The number of aryl methyl sites for hydroxylation is 1. The van der Waals surface area contributed by atoms with Gasteiger partial charge in [-0.05, 0) is 55.8 Å². The van der Waals surface area contributed by atoms with Crippen LogP contribution in [0.1, 0.15) is 16.8 Å². The Hall–Kier alpha value is -4.00. The van der Waals surface area contributed by atoms with Crippen LogP contribution in [0.15, 0.2) is 78.0 Å². The van der Waals surface area contributed by atoms with Crippen molar-refractivity contribution in [1.29, 1.82) is 0 Å². The highest BCUT2D eigenvalue weighted by Gasteiger charge is 2.20. The fraction of sp³-hybridized carbons (Fsp3) is 0.125. The third-order valence-electron chi connectivity index (χ3n) is 5.49. The minimum absolute atomic E-state index is 0.153. The van der Waals surface area contributed by atoms with Crippen molar-refractivity contribution < 1.29 is 4.39 Å². The standard InChI is InChI=1S/C24H20FN5O/c1-16-3-10-21(11-4-16)30-23(19-7-12-22-26-15-27-29(22)14-19)17(2)28(24(30)31)13-18-5-8-20(25)9-6-18/h3-12,14-15H,13H2,1-2H3. The molecule has 0 saturated heterocycles. The van der Waals surface area contributed by atoms with Crippen LogP contribution in [0.4, 0.5) is 4.39 Å². The summed E-state index contributed by atoms with van der Waals surface area (Å²) < 4.78 is 18.5. The number of rotatable bonds is 4. The van der Waals surface area contributed by atoms with E-state index in [1.54, 1.807) is 25.8 Å². The Morgan fingerprint density at radius 2 is 1.68 bits per heavy atom. The van der Waals surface area contributed by atoms with Gasteiger partial charge >= 0.3 is 5.69 Å². The quantitative estimate of drug-likeness (QED) is 0.445. The van der Waals surface area contributed by atoms with Crippen molar-refractivity contribution in [2.75, 3.05) is 0 Å². The molecule has 0 aliphatic rings. The van der Waals surface area contributed by atoms with Crippen LogP contribution in [-0.2, 0) is 6.54 Å². The summed E-state index contributed by atoms with van der Waals surface area (Å²) in [6, 6.07) is 17.9. The van der Waals surface area contributed by atoms with Gasteiger partial charge in [-0.15, -0.1) is 0 Å². The summed E-state index contributed by atoms with van der Waals surface area (Å²) in [5.74, 6) is -0.299. The van der Waals surface area contributed by atoms with Crippen LogP contribution in [0, 0.1) is 19.7 Å². The van der Waals surface area contributed by atoms with E-state index in [-0.39, 0.29) is 11.5 Å². The third kappa shape index (κ3) is 3.34. The lowest BCUT2D eigenvalue weighted by atomic mass is 10.1. The normalized spacial score (nSPS) is 11.3. The van der Waals surface area contributed by atoms with E-state index >= 15 is 0 Å². The molecule has 3 heterocycles. The molecule has 0 bridgehead atoms. The number of imidazole rings is 1. The van der Waals surface area contributed by atoms with Gasteiger partial charge in [0.15, 0.2) is 5.65 Å². The summed E-state index contributed by atoms with van der Waals surface area (Å²) in [4.78, 5) is 17.8. The lowest BCUT2D eigenvalue weighted by Crippen LogP contribution is -2.24. The minimum Gasteiger partial charge on any atom is -0.291 e. The Morgan fingerprint density at radius 1 is 0.935 bits per heavy atom. The van der Waals surface area contributed by atoms with Crippen molar-refractivity contribution in [3.05, 3.63) is 106 Å². The SMILES string of the molecule is Cc1ccc(-n2c(-c3ccc4ncnn4c3)c(C)n(Cc3ccc(F)cc3)c2=O)cc1. The van der Waals surface area contributed by atoms with Gasteiger partial charge in [-0.3, -0.25) is 9.13 Å². The van der Waals surface area contributed by atoms with Crippen molar-refractivity contribution in [1.82, 2.24) is 23.7 Å². The fourth-order valence-electron chi connectivity index (χ4n) is 3.84. The number of pyridine rings is 1. The molecule has 0 spiro atoms. The van der Waals surface area contributed by atoms with Gasteiger partial charge in [0.25, 0.3) is 0 Å². The molecular formula is C24H20FN5O. The molecule has 7 heteroatoms. The number of hydrogen-bond acceptors (Lipinski definition) is 3. The second-order valence-electron chi connectivity index (χ2n) is 7.58. The lowest BCUT2D eigenvalue weighted by Gasteiger charge is -2.09. The molecule has 5 rings (SSSR count). The second-order valence-corrected chi connectivity index (χ2v) is 7.58. The van der Waals surface area contributed by atoms with Crippen molar-refractivity contribution in [3.63, 3.8) is 0 Å². The first-order valence-electron chi connectivity index (χ1n) is 9.94. The van der Waals surface area contributed by atoms with Crippen LogP contribution in [0.25, 0.3) is 22.6 Å². The van der Waals surface area contributed by atoms with E-state index in [9.17, 15) is 9.18 Å². The Kier molecular flexibility index (Phi) is 4.51. The summed E-state index contributed by atoms with van der Waals surface area (Å²) in [5, 5.41) is 4.23. The molecule has 0 N–H and O–H groups in total. The molecule has 0 aliphatic carbocycles. The highest BCUT2D eigenvalue weighted by molar-refractivity contribution is 5.66. The first-order valence-corrected chi connectivity index (χ1v) is 9.94. The number of benzene rings is 2. The number of nitrogens with zero attached hydrogens (tertiary/aromatic N) is 5. The lowest BCUT2D eigenvalue weighted by molar-refractivity contribution is 0.625. The molecule has 0 fully saturated rings. The largest absolute Gasteiger partial charge is 0.333 e. The van der Waals surface area contributed by atoms with E-state index in [0.717, 1.165) is 39.4 Å². The van der Waals surface area contributed by atoms with Gasteiger partial charge in [-0.2, -0.15) is 5.10 Å². The van der Waals surface area contributed by atoms with E-state index in [1.807, 2.05) is 56.4 Å². The molecule has 0 unspecified atom stereocenters. The predicted octanol–water partition coefficient (Wildman–Crippen LogP) is 4.15. The molecule has 154 valence electrons. The molecule has 6 nitrogen and oxygen atoms in total. The van der Waals surface area contributed by atoms with Gasteiger partial charge < -0.3 is 0 Å². The zero-order chi connectivity index (χ0) is 21.5. The Balaban J connectivity index is 1.73. The smallest absolute Gasteiger partial charge is 0.291 e. The van der Waals surface area contributed by atoms with E-state index in [2.05, 4.69) is 10.1 Å². The maximum atomic E-state index is 13.6. The topological polar surface area (TPSA) is 57.1 Å². The van der Waals surface area contributed by atoms with E-state index in [0.29, 0.717) is 6.54 Å². The van der Waals surface area contributed by atoms with Crippen molar-refractivity contribution in [2.45, 2.75) is 20.4 Å². The zero-order valence-electron chi connectivity index (χ0n) is 17.2. The fourth-order valence-corrected chi connectivity index (χ4v) is 3.84. The van der Waals surface area contributed by atoms with Crippen molar-refractivity contribution >= 4 is 5.65 Å². The van der Waals surface area contributed by atoms with E-state index in [4.69, 9.17) is 0 Å². The summed E-state index contributed by atoms with van der Waals surface area (Å²) in [7, 11) is 0. The molecule has 5 aromatic rings. The van der Waals surface area contributed by atoms with Gasteiger partial charge in [0.1, 0.15) is 12.1 Å². The first-order chi connectivity index (χ1) is 15.0. The summed E-state index contributed by atoms with van der Waals surface area (Å²) in [5.41, 5.74) is 5.78. The van der Waals surface area contributed by atoms with Gasteiger partial charge in [0.05, 0.1) is 17.9 Å². The average Bonchev–Trinajstić information content (AvgIpc) is 3.33. The molecule has 0 radical (unpaired) electrons.